The van der Waals surface area contributed by atoms with Gasteiger partial charge in [0.2, 0.25) is 0 Å². The number of urea groups is 1. The van der Waals surface area contributed by atoms with E-state index >= 15 is 0 Å². The summed E-state index contributed by atoms with van der Waals surface area (Å²) in [5.41, 5.74) is 8.50. The smallest absolute Gasteiger partial charge is 0.309 e. The highest BCUT2D eigenvalue weighted by atomic mass is 32.1. The Morgan fingerprint density at radius 2 is 2.10 bits per heavy atom. The summed E-state index contributed by atoms with van der Waals surface area (Å²) in [4.78, 5) is 10.4. The highest BCUT2D eigenvalue weighted by molar-refractivity contribution is 7.09. The molecule has 0 aliphatic carbocycles. The zero-order valence-corrected chi connectivity index (χ0v) is 6.52. The van der Waals surface area contributed by atoms with Crippen LogP contribution in [0.3, 0.4) is 0 Å². The molecule has 56 valence electrons. The van der Waals surface area contributed by atoms with Crippen LogP contribution in [-0.4, -0.2) is 6.03 Å². The largest absolute Gasteiger partial charge is 0.352 e. The van der Waals surface area contributed by atoms with E-state index in [4.69, 9.17) is 4.79 Å². The Hall–Kier alpha value is -1.03. The molecule has 0 unspecified atom stereocenters. The van der Waals surface area contributed by atoms with Crippen molar-refractivity contribution in [3.63, 3.8) is 0 Å². The molecule has 1 heterocycles. The zero-order valence-electron chi connectivity index (χ0n) is 5.70. The number of aryl methyl sites for hydroxylation is 1. The zero-order chi connectivity index (χ0) is 7.98. The van der Waals surface area contributed by atoms with E-state index in [-0.39, 0.29) is 0 Å². The minimum absolute atomic E-state index is 0.833. The predicted molar refractivity (Wildman–Crippen MR) is 42.8 cm³/mol. The molecule has 4 heteroatoms. The Bertz CT molecular complexity index is 180. The molecule has 0 aliphatic heterocycles. The highest BCUT2D eigenvalue weighted by Gasteiger charge is 1.74. The van der Waals surface area contributed by atoms with E-state index in [2.05, 4.69) is 35.9 Å². The SMILES string of the molecule is Cc1cccs1.NC(N)=O. The molecule has 4 N–H and O–H groups in total. The fraction of sp³-hybridized carbons (Fsp3) is 0.167. The van der Waals surface area contributed by atoms with Crippen LogP contribution in [0, 0.1) is 6.92 Å². The molecule has 0 spiro atoms. The monoisotopic (exact) mass is 158 g/mol. The standard InChI is InChI=1S/C5H6S.CH4N2O/c1-5-3-2-4-6-5;2-1(3)4/h2-4H,1H3;(H4,2,3,4). The first-order valence-corrected chi connectivity index (χ1v) is 3.56. The van der Waals surface area contributed by atoms with Crippen molar-refractivity contribution in [2.75, 3.05) is 0 Å². The Morgan fingerprint density at radius 1 is 1.60 bits per heavy atom. The van der Waals surface area contributed by atoms with E-state index < -0.39 is 6.03 Å². The summed E-state index contributed by atoms with van der Waals surface area (Å²) >= 11 is 1.78. The first-order valence-electron chi connectivity index (χ1n) is 2.68. The Labute approximate surface area is 63.6 Å². The van der Waals surface area contributed by atoms with Gasteiger partial charge in [-0.25, -0.2) is 4.79 Å². The molecule has 2 amide bonds. The predicted octanol–water partition coefficient (Wildman–Crippen LogP) is 1.08. The number of carbonyl (C=O) groups is 1. The molecule has 1 rings (SSSR count). The molecule has 0 saturated heterocycles. The molecule has 3 nitrogen and oxygen atoms in total. The van der Waals surface area contributed by atoms with Gasteiger partial charge < -0.3 is 11.5 Å². The van der Waals surface area contributed by atoms with Crippen molar-refractivity contribution in [2.45, 2.75) is 6.92 Å². The van der Waals surface area contributed by atoms with Gasteiger partial charge in [-0.05, 0) is 18.4 Å². The number of hydrogen-bond donors (Lipinski definition) is 2. The van der Waals surface area contributed by atoms with Crippen molar-refractivity contribution in [1.29, 1.82) is 0 Å². The molecule has 0 bridgehead atoms. The topological polar surface area (TPSA) is 69.1 Å². The Morgan fingerprint density at radius 3 is 2.20 bits per heavy atom. The Balaban J connectivity index is 0.000000180. The van der Waals surface area contributed by atoms with Crippen LogP contribution in [0.1, 0.15) is 4.88 Å². The van der Waals surface area contributed by atoms with Gasteiger partial charge in [0.05, 0.1) is 0 Å². The van der Waals surface area contributed by atoms with Crippen LogP contribution in [0.2, 0.25) is 0 Å². The lowest BCUT2D eigenvalue weighted by atomic mass is 10.5. The van der Waals surface area contributed by atoms with Gasteiger partial charge in [-0.15, -0.1) is 11.3 Å². The van der Waals surface area contributed by atoms with Crippen molar-refractivity contribution in [2.24, 2.45) is 11.5 Å². The van der Waals surface area contributed by atoms with Gasteiger partial charge in [-0.1, -0.05) is 6.07 Å². The summed E-state index contributed by atoms with van der Waals surface area (Å²) in [5.74, 6) is 0. The molecule has 10 heavy (non-hydrogen) atoms. The van der Waals surface area contributed by atoms with Crippen LogP contribution in [0.15, 0.2) is 17.5 Å². The second-order valence-corrected chi connectivity index (χ2v) is 2.78. The van der Waals surface area contributed by atoms with Crippen LogP contribution in [0.25, 0.3) is 0 Å². The highest BCUT2D eigenvalue weighted by Crippen LogP contribution is 2.03. The van der Waals surface area contributed by atoms with Gasteiger partial charge >= 0.3 is 6.03 Å². The minimum atomic E-state index is -0.833. The van der Waals surface area contributed by atoms with Gasteiger partial charge in [0.1, 0.15) is 0 Å². The lowest BCUT2D eigenvalue weighted by Crippen LogP contribution is -2.18. The average molecular weight is 158 g/mol. The van der Waals surface area contributed by atoms with E-state index in [9.17, 15) is 0 Å². The lowest BCUT2D eigenvalue weighted by molar-refractivity contribution is 0.256. The van der Waals surface area contributed by atoms with Crippen LogP contribution in [-0.2, 0) is 0 Å². The number of amides is 2. The maximum Gasteiger partial charge on any atom is 0.309 e. The number of rotatable bonds is 0. The number of hydrogen-bond acceptors (Lipinski definition) is 2. The van der Waals surface area contributed by atoms with Crippen LogP contribution < -0.4 is 11.5 Å². The molecular formula is C6H10N2OS. The normalized spacial score (nSPS) is 7.70. The van der Waals surface area contributed by atoms with Crippen LogP contribution in [0.4, 0.5) is 4.79 Å². The van der Waals surface area contributed by atoms with Crippen molar-refractivity contribution in [3.8, 4) is 0 Å². The molecule has 0 atom stereocenters. The van der Waals surface area contributed by atoms with Gasteiger partial charge in [0.25, 0.3) is 0 Å². The fourth-order valence-corrected chi connectivity index (χ4v) is 0.890. The molecule has 0 radical (unpaired) electrons. The summed E-state index contributed by atoms with van der Waals surface area (Å²) in [6.45, 7) is 2.10. The molecule has 0 aliphatic rings. The number of nitrogens with two attached hydrogens (primary N) is 2. The van der Waals surface area contributed by atoms with Crippen molar-refractivity contribution >= 4 is 17.4 Å². The quantitative estimate of drug-likeness (QED) is 0.582. The third-order valence-electron chi connectivity index (χ3n) is 0.663. The van der Waals surface area contributed by atoms with Crippen LogP contribution in [0.5, 0.6) is 0 Å². The minimum Gasteiger partial charge on any atom is -0.352 e. The van der Waals surface area contributed by atoms with Gasteiger partial charge in [0, 0.05) is 4.88 Å². The second kappa shape index (κ2) is 4.81. The summed E-state index contributed by atoms with van der Waals surface area (Å²) < 4.78 is 0. The van der Waals surface area contributed by atoms with Gasteiger partial charge in [-0.2, -0.15) is 0 Å². The van der Waals surface area contributed by atoms with Crippen molar-refractivity contribution in [3.05, 3.63) is 22.4 Å². The van der Waals surface area contributed by atoms with E-state index in [1.54, 1.807) is 11.3 Å². The lowest BCUT2D eigenvalue weighted by Gasteiger charge is -1.65. The summed E-state index contributed by atoms with van der Waals surface area (Å²) in [7, 11) is 0. The third-order valence-corrected chi connectivity index (χ3v) is 1.46. The number of primary amides is 2. The van der Waals surface area contributed by atoms with E-state index in [0.717, 1.165) is 0 Å². The molecule has 1 aromatic heterocycles. The first kappa shape index (κ1) is 8.97. The number of thiophene rings is 1. The van der Waals surface area contributed by atoms with E-state index in [1.165, 1.54) is 4.88 Å². The van der Waals surface area contributed by atoms with Crippen molar-refractivity contribution < 1.29 is 4.79 Å². The summed E-state index contributed by atoms with van der Waals surface area (Å²) in [5, 5.41) is 2.08. The molecule has 0 aromatic carbocycles. The molecule has 1 aromatic rings. The first-order chi connectivity index (χ1) is 4.63. The second-order valence-electron chi connectivity index (χ2n) is 1.63. The van der Waals surface area contributed by atoms with Gasteiger partial charge in [0.15, 0.2) is 0 Å². The van der Waals surface area contributed by atoms with Crippen molar-refractivity contribution in [1.82, 2.24) is 0 Å². The van der Waals surface area contributed by atoms with Crippen LogP contribution >= 0.6 is 11.3 Å². The van der Waals surface area contributed by atoms with E-state index in [1.807, 2.05) is 0 Å². The summed E-state index contributed by atoms with van der Waals surface area (Å²) in [6, 6.07) is 3.32. The third kappa shape index (κ3) is 6.97. The molecule has 0 saturated carbocycles. The maximum atomic E-state index is 9.00. The maximum absolute atomic E-state index is 9.00. The number of carbonyl (C=O) groups excluding carboxylic acids is 1. The Kier molecular flexibility index (Phi) is 4.32. The molecular weight excluding hydrogens is 148 g/mol. The van der Waals surface area contributed by atoms with Gasteiger partial charge in [-0.3, -0.25) is 0 Å². The van der Waals surface area contributed by atoms with E-state index in [0.29, 0.717) is 0 Å². The molecule has 0 fully saturated rings. The average Bonchev–Trinajstić information content (AvgIpc) is 2.15. The fourth-order valence-electron chi connectivity index (χ4n) is 0.361. The summed E-state index contributed by atoms with van der Waals surface area (Å²) in [6.07, 6.45) is 0.